The fourth-order valence-corrected chi connectivity index (χ4v) is 5.38. The van der Waals surface area contributed by atoms with E-state index < -0.39 is 0 Å². The molecular formula is C36H38N4. The number of rotatable bonds is 4. The van der Waals surface area contributed by atoms with Crippen molar-refractivity contribution in [2.75, 3.05) is 10.0 Å². The number of hydrogen-bond donors (Lipinski definition) is 2. The molecule has 0 amide bonds. The monoisotopic (exact) mass is 526 g/mol. The Kier molecular flexibility index (Phi) is 6.22. The summed E-state index contributed by atoms with van der Waals surface area (Å²) in [4.78, 5) is 6.85. The molecule has 2 N–H and O–H groups in total. The van der Waals surface area contributed by atoms with Crippen molar-refractivity contribution < 1.29 is 0 Å². The number of aromatic amines is 2. The number of anilines is 2. The normalized spacial score (nSPS) is 13.6. The average molecular weight is 527 g/mol. The number of H-pyrrole nitrogens is 2. The summed E-state index contributed by atoms with van der Waals surface area (Å²) in [5.74, 6) is 0. The summed E-state index contributed by atoms with van der Waals surface area (Å²) in [5, 5.41) is 6.89. The second kappa shape index (κ2) is 9.63. The molecule has 1 aliphatic rings. The van der Waals surface area contributed by atoms with E-state index in [0.717, 1.165) is 22.8 Å². The van der Waals surface area contributed by atoms with Crippen LogP contribution in [-0.2, 0) is 10.8 Å². The van der Waals surface area contributed by atoms with Gasteiger partial charge in [0.25, 0.3) is 0 Å². The number of aromatic nitrogens is 2. The lowest BCUT2D eigenvalue weighted by molar-refractivity contribution is 0.590. The van der Waals surface area contributed by atoms with Crippen molar-refractivity contribution in [3.63, 3.8) is 0 Å². The molecule has 0 bridgehead atoms. The second-order valence-electron chi connectivity index (χ2n) is 12.7. The lowest BCUT2D eigenvalue weighted by Gasteiger charge is -2.36. The maximum atomic E-state index is 3.43. The van der Waals surface area contributed by atoms with Crippen LogP contribution in [0.5, 0.6) is 0 Å². The van der Waals surface area contributed by atoms with E-state index >= 15 is 0 Å². The first kappa shape index (κ1) is 25.8. The number of hydrazine groups is 1. The van der Waals surface area contributed by atoms with Crippen LogP contribution in [0, 0.1) is 0 Å². The van der Waals surface area contributed by atoms with Crippen LogP contribution in [0.4, 0.5) is 11.4 Å². The summed E-state index contributed by atoms with van der Waals surface area (Å²) in [6.45, 7) is 13.5. The lowest BCUT2D eigenvalue weighted by atomic mass is 9.87. The van der Waals surface area contributed by atoms with Gasteiger partial charge in [0.15, 0.2) is 0 Å². The highest BCUT2D eigenvalue weighted by atomic mass is 15.6. The Morgan fingerprint density at radius 1 is 0.475 bits per heavy atom. The molecule has 40 heavy (non-hydrogen) atoms. The Balaban J connectivity index is 1.60. The molecule has 5 aromatic rings. The minimum atomic E-state index is 0.0943. The van der Waals surface area contributed by atoms with Gasteiger partial charge in [-0.25, -0.2) is 0 Å². The number of nitrogens with one attached hydrogen (secondary N) is 2. The van der Waals surface area contributed by atoms with Gasteiger partial charge in [0.05, 0.1) is 11.4 Å². The molecule has 0 fully saturated rings. The number of nitrogens with zero attached hydrogens (tertiary/aromatic N) is 2. The van der Waals surface area contributed by atoms with E-state index in [0.29, 0.717) is 0 Å². The topological polar surface area (TPSA) is 38.1 Å². The van der Waals surface area contributed by atoms with Gasteiger partial charge >= 0.3 is 0 Å². The van der Waals surface area contributed by atoms with Crippen LogP contribution in [0.25, 0.3) is 34.9 Å². The Morgan fingerprint density at radius 2 is 0.850 bits per heavy atom. The zero-order valence-electron chi connectivity index (χ0n) is 24.3. The van der Waals surface area contributed by atoms with Gasteiger partial charge in [-0.2, -0.15) is 0 Å². The fraction of sp³-hybridized carbons (Fsp3) is 0.222. The first-order chi connectivity index (χ1) is 19.1. The van der Waals surface area contributed by atoms with Gasteiger partial charge in [-0.3, -0.25) is 10.0 Å². The molecule has 0 radical (unpaired) electrons. The van der Waals surface area contributed by atoms with Crippen molar-refractivity contribution in [3.05, 3.63) is 119 Å². The van der Waals surface area contributed by atoms with Crippen molar-refractivity contribution in [1.82, 2.24) is 9.97 Å². The third-order valence-corrected chi connectivity index (χ3v) is 7.79. The molecule has 4 nitrogen and oxygen atoms in total. The van der Waals surface area contributed by atoms with E-state index in [9.17, 15) is 0 Å². The minimum Gasteiger partial charge on any atom is -0.361 e. The molecule has 0 unspecified atom stereocenters. The summed E-state index contributed by atoms with van der Waals surface area (Å²) >= 11 is 0. The molecule has 2 aromatic heterocycles. The molecule has 0 atom stereocenters. The van der Waals surface area contributed by atoms with Crippen molar-refractivity contribution in [2.24, 2.45) is 0 Å². The van der Waals surface area contributed by atoms with Gasteiger partial charge in [0.1, 0.15) is 0 Å². The van der Waals surface area contributed by atoms with E-state index in [1.165, 1.54) is 32.7 Å². The number of benzene rings is 3. The first-order valence-electron chi connectivity index (χ1n) is 14.0. The first-order valence-corrected chi connectivity index (χ1v) is 14.0. The number of fused-ring (bicyclic) bond motifs is 1. The van der Waals surface area contributed by atoms with Gasteiger partial charge in [-0.05, 0) is 70.5 Å². The Hall–Kier alpha value is -4.44. The zero-order valence-corrected chi connectivity index (χ0v) is 24.3. The van der Waals surface area contributed by atoms with Crippen LogP contribution in [-0.4, -0.2) is 9.97 Å². The highest BCUT2D eigenvalue weighted by molar-refractivity contribution is 5.81. The van der Waals surface area contributed by atoms with Gasteiger partial charge in [-0.15, -0.1) is 0 Å². The quantitative estimate of drug-likeness (QED) is 0.252. The number of hydrogen-bond acceptors (Lipinski definition) is 2. The predicted molar refractivity (Wildman–Crippen MR) is 169 cm³/mol. The summed E-state index contributed by atoms with van der Waals surface area (Å²) in [6.07, 6.45) is 8.53. The lowest BCUT2D eigenvalue weighted by Crippen LogP contribution is -2.46. The van der Waals surface area contributed by atoms with Gasteiger partial charge < -0.3 is 9.97 Å². The molecule has 0 aliphatic carbocycles. The molecule has 1 aliphatic heterocycles. The molecule has 3 heterocycles. The Bertz CT molecular complexity index is 1590. The maximum absolute atomic E-state index is 3.43. The highest BCUT2D eigenvalue weighted by Gasteiger charge is 2.22. The molecule has 3 aromatic carbocycles. The summed E-state index contributed by atoms with van der Waals surface area (Å²) < 4.78 is 0. The third kappa shape index (κ3) is 4.75. The zero-order chi connectivity index (χ0) is 28.1. The van der Waals surface area contributed by atoms with Gasteiger partial charge in [0, 0.05) is 57.7 Å². The molecule has 0 spiro atoms. The summed E-state index contributed by atoms with van der Waals surface area (Å²) in [6, 6.07) is 30.8. The van der Waals surface area contributed by atoms with Crippen LogP contribution in [0.15, 0.2) is 97.3 Å². The Labute approximate surface area is 237 Å². The smallest absolute Gasteiger partial charge is 0.0630 e. The van der Waals surface area contributed by atoms with Crippen molar-refractivity contribution in [3.8, 4) is 22.5 Å². The maximum Gasteiger partial charge on any atom is 0.0630 e. The molecule has 4 heteroatoms. The van der Waals surface area contributed by atoms with Crippen LogP contribution < -0.4 is 20.5 Å². The molecular weight excluding hydrogens is 488 g/mol. The largest absolute Gasteiger partial charge is 0.361 e. The van der Waals surface area contributed by atoms with Crippen LogP contribution in [0.2, 0.25) is 0 Å². The van der Waals surface area contributed by atoms with E-state index in [-0.39, 0.29) is 10.8 Å². The predicted octanol–water partition coefficient (Wildman–Crippen LogP) is 7.69. The fourth-order valence-electron chi connectivity index (χ4n) is 5.38. The van der Waals surface area contributed by atoms with Gasteiger partial charge in [-0.1, -0.05) is 77.9 Å². The minimum absolute atomic E-state index is 0.0943. The standard InChI is InChI=1S/C36H38N4/c1-35(2,3)25-11-15-27(16-12-25)39-23-31-29(33-9-7-21-37-33)19-20-30(34-10-8-22-38-34)32(31)24-40(39)28-17-13-26(14-18-28)36(4,5)6/h7-24,37-38H,1-6H3. The van der Waals surface area contributed by atoms with E-state index in [1.807, 2.05) is 12.4 Å². The van der Waals surface area contributed by atoms with Crippen molar-refractivity contribution in [1.29, 1.82) is 0 Å². The van der Waals surface area contributed by atoms with E-state index in [2.05, 4.69) is 159 Å². The van der Waals surface area contributed by atoms with Crippen molar-refractivity contribution >= 4 is 23.8 Å². The van der Waals surface area contributed by atoms with Crippen molar-refractivity contribution in [2.45, 2.75) is 52.4 Å². The summed E-state index contributed by atoms with van der Waals surface area (Å²) in [7, 11) is 0. The third-order valence-electron chi connectivity index (χ3n) is 7.79. The van der Waals surface area contributed by atoms with Gasteiger partial charge in [0.2, 0.25) is 0 Å². The molecule has 6 rings (SSSR count). The average Bonchev–Trinajstić information content (AvgIpc) is 3.66. The molecule has 0 saturated carbocycles. The Morgan fingerprint density at radius 3 is 1.15 bits per heavy atom. The van der Waals surface area contributed by atoms with E-state index in [1.54, 1.807) is 0 Å². The van der Waals surface area contributed by atoms with Crippen LogP contribution in [0.3, 0.4) is 0 Å². The highest BCUT2D eigenvalue weighted by Crippen LogP contribution is 2.31. The molecule has 0 saturated heterocycles. The molecule has 202 valence electrons. The second-order valence-corrected chi connectivity index (χ2v) is 12.7. The summed E-state index contributed by atoms with van der Waals surface area (Å²) in [5.41, 5.74) is 9.59. The van der Waals surface area contributed by atoms with E-state index in [4.69, 9.17) is 0 Å². The SMILES string of the molecule is CC(C)(C)c1ccc(N2C=c3c(-c4ccc[nH]4)ccc(-c4ccc[nH]4)c3=CN2c2ccc(C(C)(C)C)cc2)cc1. The van der Waals surface area contributed by atoms with Crippen LogP contribution in [0.1, 0.15) is 52.7 Å². The van der Waals surface area contributed by atoms with Crippen LogP contribution >= 0.6 is 0 Å².